The first-order valence-corrected chi connectivity index (χ1v) is 4.99. The van der Waals surface area contributed by atoms with Gasteiger partial charge in [-0.1, -0.05) is 6.92 Å². The lowest BCUT2D eigenvalue weighted by Gasteiger charge is -2.11. The van der Waals surface area contributed by atoms with E-state index >= 15 is 0 Å². The van der Waals surface area contributed by atoms with Gasteiger partial charge in [-0.3, -0.25) is 5.84 Å². The maximum Gasteiger partial charge on any atom is 0.0195 e. The highest BCUT2D eigenvalue weighted by molar-refractivity contribution is 5.27. The lowest BCUT2D eigenvalue weighted by molar-refractivity contribution is 0.298. The molecule has 3 heteroatoms. The van der Waals surface area contributed by atoms with Gasteiger partial charge in [0.1, 0.15) is 0 Å². The molecule has 0 amide bonds. The molecule has 0 bridgehead atoms. The van der Waals surface area contributed by atoms with Crippen LogP contribution in [0.5, 0.6) is 0 Å². The van der Waals surface area contributed by atoms with Crippen LogP contribution in [-0.2, 0) is 19.3 Å². The second-order valence-corrected chi connectivity index (χ2v) is 3.69. The third-order valence-corrected chi connectivity index (χ3v) is 2.75. The Bertz CT molecular complexity index is 265. The summed E-state index contributed by atoms with van der Waals surface area (Å²) in [6.45, 7) is 4.13. The van der Waals surface area contributed by atoms with Gasteiger partial charge in [0.25, 0.3) is 0 Å². The number of H-pyrrole nitrogens is 1. The summed E-state index contributed by atoms with van der Waals surface area (Å²) in [4.78, 5) is 3.46. The SMILES string of the molecule is CCc1cc2c([nH]1)CCN(N)CC2. The van der Waals surface area contributed by atoms with Crippen LogP contribution >= 0.6 is 0 Å². The van der Waals surface area contributed by atoms with Crippen LogP contribution in [-0.4, -0.2) is 23.1 Å². The Hall–Kier alpha value is -0.800. The summed E-state index contributed by atoms with van der Waals surface area (Å²) < 4.78 is 0. The number of aromatic nitrogens is 1. The number of hydrogen-bond acceptors (Lipinski definition) is 2. The van der Waals surface area contributed by atoms with Crippen LogP contribution in [0.25, 0.3) is 0 Å². The summed E-state index contributed by atoms with van der Waals surface area (Å²) in [5.74, 6) is 5.76. The Labute approximate surface area is 78.9 Å². The van der Waals surface area contributed by atoms with Crippen molar-refractivity contribution < 1.29 is 0 Å². The summed E-state index contributed by atoms with van der Waals surface area (Å²) >= 11 is 0. The first-order chi connectivity index (χ1) is 6.29. The summed E-state index contributed by atoms with van der Waals surface area (Å²) in [7, 11) is 0. The predicted molar refractivity (Wildman–Crippen MR) is 53.3 cm³/mol. The molecule has 0 fully saturated rings. The van der Waals surface area contributed by atoms with Crippen molar-refractivity contribution in [1.82, 2.24) is 9.99 Å². The van der Waals surface area contributed by atoms with Crippen LogP contribution in [0, 0.1) is 0 Å². The smallest absolute Gasteiger partial charge is 0.0195 e. The maximum absolute atomic E-state index is 5.76. The monoisotopic (exact) mass is 179 g/mol. The standard InChI is InChI=1S/C10H17N3/c1-2-9-7-8-3-5-13(11)6-4-10(8)12-9/h7,12H,2-6,11H2,1H3. The zero-order valence-electron chi connectivity index (χ0n) is 8.14. The normalized spacial score (nSPS) is 18.3. The van der Waals surface area contributed by atoms with Gasteiger partial charge in [-0.05, 0) is 24.5 Å². The van der Waals surface area contributed by atoms with Crippen LogP contribution in [0.15, 0.2) is 6.07 Å². The molecule has 1 aromatic heterocycles. The van der Waals surface area contributed by atoms with E-state index in [0.29, 0.717) is 0 Å². The zero-order chi connectivity index (χ0) is 9.26. The molecular formula is C10H17N3. The summed E-state index contributed by atoms with van der Waals surface area (Å²) in [6.07, 6.45) is 3.24. The lowest BCUT2D eigenvalue weighted by Crippen LogP contribution is -2.33. The van der Waals surface area contributed by atoms with Gasteiger partial charge in [-0.2, -0.15) is 0 Å². The average Bonchev–Trinajstić information content (AvgIpc) is 2.47. The van der Waals surface area contributed by atoms with E-state index in [9.17, 15) is 0 Å². The maximum atomic E-state index is 5.76. The quantitative estimate of drug-likeness (QED) is 0.628. The predicted octanol–water partition coefficient (Wildman–Crippen LogP) is 0.851. The third-order valence-electron chi connectivity index (χ3n) is 2.75. The average molecular weight is 179 g/mol. The van der Waals surface area contributed by atoms with Crippen LogP contribution in [0.4, 0.5) is 0 Å². The van der Waals surface area contributed by atoms with E-state index in [0.717, 1.165) is 32.4 Å². The molecule has 0 saturated carbocycles. The number of hydrazine groups is 1. The van der Waals surface area contributed by atoms with E-state index in [1.807, 2.05) is 5.01 Å². The molecule has 2 heterocycles. The van der Waals surface area contributed by atoms with Crippen LogP contribution < -0.4 is 5.84 Å². The molecule has 0 aromatic carbocycles. The number of nitrogens with two attached hydrogens (primary N) is 1. The van der Waals surface area contributed by atoms with E-state index in [1.54, 1.807) is 0 Å². The van der Waals surface area contributed by atoms with Gasteiger partial charge >= 0.3 is 0 Å². The molecule has 0 spiro atoms. The summed E-state index contributed by atoms with van der Waals surface area (Å²) in [6, 6.07) is 2.29. The van der Waals surface area contributed by atoms with Crippen molar-refractivity contribution in [3.63, 3.8) is 0 Å². The molecule has 13 heavy (non-hydrogen) atoms. The fraction of sp³-hybridized carbons (Fsp3) is 0.600. The fourth-order valence-corrected chi connectivity index (χ4v) is 1.88. The van der Waals surface area contributed by atoms with Gasteiger partial charge in [0.15, 0.2) is 0 Å². The van der Waals surface area contributed by atoms with Crippen LogP contribution in [0.1, 0.15) is 23.9 Å². The minimum absolute atomic E-state index is 0.969. The van der Waals surface area contributed by atoms with Crippen molar-refractivity contribution >= 4 is 0 Å². The van der Waals surface area contributed by atoms with Crippen molar-refractivity contribution in [2.45, 2.75) is 26.2 Å². The van der Waals surface area contributed by atoms with Crippen molar-refractivity contribution in [1.29, 1.82) is 0 Å². The van der Waals surface area contributed by atoms with Crippen molar-refractivity contribution in [3.8, 4) is 0 Å². The van der Waals surface area contributed by atoms with E-state index in [4.69, 9.17) is 5.84 Å². The van der Waals surface area contributed by atoms with E-state index in [2.05, 4.69) is 18.0 Å². The molecule has 3 nitrogen and oxygen atoms in total. The number of nitrogens with zero attached hydrogens (tertiary/aromatic N) is 1. The number of rotatable bonds is 1. The highest BCUT2D eigenvalue weighted by atomic mass is 15.4. The van der Waals surface area contributed by atoms with Gasteiger partial charge < -0.3 is 4.98 Å². The van der Waals surface area contributed by atoms with Gasteiger partial charge in [-0.15, -0.1) is 0 Å². The Morgan fingerprint density at radius 1 is 1.46 bits per heavy atom. The molecule has 0 radical (unpaired) electrons. The van der Waals surface area contributed by atoms with Gasteiger partial charge in [0.2, 0.25) is 0 Å². The molecule has 3 N–H and O–H groups in total. The fourth-order valence-electron chi connectivity index (χ4n) is 1.88. The Balaban J connectivity index is 2.21. The summed E-state index contributed by atoms with van der Waals surface area (Å²) in [5, 5.41) is 1.90. The second-order valence-electron chi connectivity index (χ2n) is 3.69. The van der Waals surface area contributed by atoms with Crippen molar-refractivity contribution in [3.05, 3.63) is 23.0 Å². The zero-order valence-corrected chi connectivity index (χ0v) is 8.14. The highest BCUT2D eigenvalue weighted by Gasteiger charge is 2.13. The van der Waals surface area contributed by atoms with E-state index in [1.165, 1.54) is 17.0 Å². The largest absolute Gasteiger partial charge is 0.362 e. The van der Waals surface area contributed by atoms with Crippen molar-refractivity contribution in [2.24, 2.45) is 5.84 Å². The first kappa shape index (κ1) is 8.78. The third kappa shape index (κ3) is 1.76. The molecular weight excluding hydrogens is 162 g/mol. The molecule has 72 valence electrons. The number of aryl methyl sites for hydroxylation is 1. The Morgan fingerprint density at radius 3 is 3.00 bits per heavy atom. The molecule has 0 saturated heterocycles. The van der Waals surface area contributed by atoms with Gasteiger partial charge in [-0.25, -0.2) is 5.01 Å². The molecule has 0 atom stereocenters. The Morgan fingerprint density at radius 2 is 2.23 bits per heavy atom. The molecule has 0 unspecified atom stereocenters. The molecule has 1 aliphatic heterocycles. The summed E-state index contributed by atoms with van der Waals surface area (Å²) in [5.41, 5.74) is 4.21. The topological polar surface area (TPSA) is 45.0 Å². The number of aromatic amines is 1. The molecule has 1 aliphatic rings. The van der Waals surface area contributed by atoms with E-state index in [-0.39, 0.29) is 0 Å². The second kappa shape index (κ2) is 3.52. The minimum Gasteiger partial charge on any atom is -0.362 e. The highest BCUT2D eigenvalue weighted by Crippen LogP contribution is 2.16. The minimum atomic E-state index is 0.969. The van der Waals surface area contributed by atoms with Crippen LogP contribution in [0.3, 0.4) is 0 Å². The van der Waals surface area contributed by atoms with Crippen LogP contribution in [0.2, 0.25) is 0 Å². The molecule has 0 aliphatic carbocycles. The lowest BCUT2D eigenvalue weighted by atomic mass is 10.1. The van der Waals surface area contributed by atoms with Gasteiger partial charge in [0.05, 0.1) is 0 Å². The van der Waals surface area contributed by atoms with Crippen molar-refractivity contribution in [2.75, 3.05) is 13.1 Å². The molecule has 2 rings (SSSR count). The first-order valence-electron chi connectivity index (χ1n) is 4.99. The van der Waals surface area contributed by atoms with E-state index < -0.39 is 0 Å². The number of hydrogen-bond donors (Lipinski definition) is 2. The number of nitrogens with one attached hydrogen (secondary N) is 1. The Kier molecular flexibility index (Phi) is 2.38. The molecule has 1 aromatic rings. The number of fused-ring (bicyclic) bond motifs is 1. The van der Waals surface area contributed by atoms with Gasteiger partial charge in [0, 0.05) is 30.9 Å².